The van der Waals surface area contributed by atoms with Gasteiger partial charge in [-0.05, 0) is 47.8 Å². The predicted molar refractivity (Wildman–Crippen MR) is 83.7 cm³/mol. The van der Waals surface area contributed by atoms with Crippen molar-refractivity contribution in [3.8, 4) is 11.6 Å². The lowest BCUT2D eigenvalue weighted by atomic mass is 10.2. The largest absolute Gasteiger partial charge is 0.487 e. The topological polar surface area (TPSA) is 44.2 Å². The average Bonchev–Trinajstić information content (AvgIpc) is 3.33. The fourth-order valence-electron chi connectivity index (χ4n) is 2.08. The second-order valence-electron chi connectivity index (χ2n) is 5.01. The number of halogens is 1. The van der Waals surface area contributed by atoms with Crippen molar-refractivity contribution in [3.05, 3.63) is 46.3 Å². The van der Waals surface area contributed by atoms with Crippen LogP contribution in [0.5, 0.6) is 11.6 Å². The normalized spacial score (nSPS) is 14.0. The van der Waals surface area contributed by atoms with Crippen molar-refractivity contribution in [1.82, 2.24) is 9.97 Å². The summed E-state index contributed by atoms with van der Waals surface area (Å²) in [6.45, 7) is 2.93. The Morgan fingerprint density at radius 3 is 2.71 bits per heavy atom. The molecule has 1 aliphatic rings. The maximum absolute atomic E-state index is 5.77. The summed E-state index contributed by atoms with van der Waals surface area (Å²) >= 11 is 3.45. The number of aromatic nitrogens is 2. The summed E-state index contributed by atoms with van der Waals surface area (Å²) in [6, 6.07) is 6.00. The highest BCUT2D eigenvalue weighted by Gasteiger charge is 2.24. The minimum absolute atomic E-state index is 0.432. The van der Waals surface area contributed by atoms with E-state index in [1.807, 2.05) is 19.2 Å². The molecule has 5 heteroatoms. The molecule has 0 atom stereocenters. The van der Waals surface area contributed by atoms with Gasteiger partial charge in [0.15, 0.2) is 5.75 Å². The molecule has 0 amide bonds. The lowest BCUT2D eigenvalue weighted by molar-refractivity contribution is 0.257. The van der Waals surface area contributed by atoms with Gasteiger partial charge >= 0.3 is 0 Å². The molecule has 0 radical (unpaired) electrons. The third kappa shape index (κ3) is 3.53. The molecule has 0 spiro atoms. The van der Waals surface area contributed by atoms with Crippen molar-refractivity contribution < 1.29 is 9.47 Å². The van der Waals surface area contributed by atoms with E-state index in [0.717, 1.165) is 10.0 Å². The van der Waals surface area contributed by atoms with Crippen LogP contribution >= 0.6 is 15.9 Å². The SMILES string of the molecule is CCOc1c(Br)ccnc1OCc1ccc(C2CC2)nc1. The van der Waals surface area contributed by atoms with E-state index in [1.165, 1.54) is 18.5 Å². The van der Waals surface area contributed by atoms with Gasteiger partial charge in [0.2, 0.25) is 0 Å². The first-order chi connectivity index (χ1) is 10.3. The summed E-state index contributed by atoms with van der Waals surface area (Å²) in [6.07, 6.45) is 6.10. The lowest BCUT2D eigenvalue weighted by Gasteiger charge is -2.12. The quantitative estimate of drug-likeness (QED) is 0.788. The smallest absolute Gasteiger partial charge is 0.258 e. The minimum atomic E-state index is 0.432. The van der Waals surface area contributed by atoms with Crippen molar-refractivity contribution in [2.45, 2.75) is 32.3 Å². The number of nitrogens with zero attached hydrogens (tertiary/aromatic N) is 2. The van der Waals surface area contributed by atoms with Gasteiger partial charge in [0, 0.05) is 29.6 Å². The second kappa shape index (κ2) is 6.43. The third-order valence-electron chi connectivity index (χ3n) is 3.33. The molecular formula is C16H17BrN2O2. The standard InChI is InChI=1S/C16H17BrN2O2/c1-2-20-15-13(17)7-8-18-16(15)21-10-11-3-6-14(19-9-11)12-4-5-12/h3,6-9,12H,2,4-5,10H2,1H3. The van der Waals surface area contributed by atoms with E-state index in [9.17, 15) is 0 Å². The Bertz CT molecular complexity index is 612. The van der Waals surface area contributed by atoms with Crippen LogP contribution in [0, 0.1) is 0 Å². The molecule has 2 aromatic rings. The summed E-state index contributed by atoms with van der Waals surface area (Å²) in [5.41, 5.74) is 2.22. The third-order valence-corrected chi connectivity index (χ3v) is 3.96. The molecule has 0 unspecified atom stereocenters. The Hall–Kier alpha value is -1.62. The summed E-state index contributed by atoms with van der Waals surface area (Å²) in [5, 5.41) is 0. The van der Waals surface area contributed by atoms with E-state index < -0.39 is 0 Å². The number of hydrogen-bond acceptors (Lipinski definition) is 4. The number of ether oxygens (including phenoxy) is 2. The number of pyridine rings is 2. The van der Waals surface area contributed by atoms with Crippen LogP contribution in [0.4, 0.5) is 0 Å². The maximum Gasteiger partial charge on any atom is 0.258 e. The molecule has 110 valence electrons. The monoisotopic (exact) mass is 348 g/mol. The van der Waals surface area contributed by atoms with Crippen molar-refractivity contribution in [2.24, 2.45) is 0 Å². The summed E-state index contributed by atoms with van der Waals surface area (Å²) in [5.74, 6) is 1.82. The summed E-state index contributed by atoms with van der Waals surface area (Å²) < 4.78 is 12.2. The zero-order valence-corrected chi connectivity index (χ0v) is 13.5. The van der Waals surface area contributed by atoms with Gasteiger partial charge in [-0.3, -0.25) is 4.98 Å². The second-order valence-corrected chi connectivity index (χ2v) is 5.87. The Morgan fingerprint density at radius 2 is 2.05 bits per heavy atom. The molecule has 1 saturated carbocycles. The zero-order valence-electron chi connectivity index (χ0n) is 11.9. The molecular weight excluding hydrogens is 332 g/mol. The van der Waals surface area contributed by atoms with E-state index >= 15 is 0 Å². The van der Waals surface area contributed by atoms with Crippen molar-refractivity contribution in [1.29, 1.82) is 0 Å². The molecule has 0 bridgehead atoms. The zero-order chi connectivity index (χ0) is 14.7. The van der Waals surface area contributed by atoms with Crippen LogP contribution in [0.15, 0.2) is 35.1 Å². The highest BCUT2D eigenvalue weighted by molar-refractivity contribution is 9.10. The van der Waals surface area contributed by atoms with Gasteiger partial charge in [-0.15, -0.1) is 0 Å². The molecule has 2 heterocycles. The lowest BCUT2D eigenvalue weighted by Crippen LogP contribution is -2.02. The van der Waals surface area contributed by atoms with Crippen LogP contribution in [0.25, 0.3) is 0 Å². The van der Waals surface area contributed by atoms with Crippen molar-refractivity contribution >= 4 is 15.9 Å². The first-order valence-corrected chi connectivity index (χ1v) is 7.92. The average molecular weight is 349 g/mol. The molecule has 0 N–H and O–H groups in total. The molecule has 0 aromatic carbocycles. The fourth-order valence-corrected chi connectivity index (χ4v) is 2.48. The molecule has 1 fully saturated rings. The first-order valence-electron chi connectivity index (χ1n) is 7.13. The summed E-state index contributed by atoms with van der Waals surface area (Å²) in [4.78, 5) is 8.72. The van der Waals surface area contributed by atoms with E-state index in [2.05, 4.69) is 38.0 Å². The van der Waals surface area contributed by atoms with E-state index in [-0.39, 0.29) is 0 Å². The van der Waals surface area contributed by atoms with E-state index in [1.54, 1.807) is 6.20 Å². The fraction of sp³-hybridized carbons (Fsp3) is 0.375. The Morgan fingerprint density at radius 1 is 1.19 bits per heavy atom. The first kappa shape index (κ1) is 14.3. The van der Waals surface area contributed by atoms with Crippen molar-refractivity contribution in [2.75, 3.05) is 6.61 Å². The van der Waals surface area contributed by atoms with Gasteiger partial charge in [0.05, 0.1) is 11.1 Å². The minimum Gasteiger partial charge on any atom is -0.487 e. The van der Waals surface area contributed by atoms with Crippen LogP contribution in [0.1, 0.15) is 36.9 Å². The van der Waals surface area contributed by atoms with Crippen molar-refractivity contribution in [3.63, 3.8) is 0 Å². The number of rotatable bonds is 6. The van der Waals surface area contributed by atoms with Gasteiger partial charge in [0.25, 0.3) is 5.88 Å². The molecule has 0 aliphatic heterocycles. The molecule has 2 aromatic heterocycles. The number of hydrogen-bond donors (Lipinski definition) is 0. The molecule has 21 heavy (non-hydrogen) atoms. The van der Waals surface area contributed by atoms with E-state index in [4.69, 9.17) is 9.47 Å². The Balaban J connectivity index is 1.67. The van der Waals surface area contributed by atoms with Gasteiger partial charge in [-0.2, -0.15) is 0 Å². The van der Waals surface area contributed by atoms with Gasteiger partial charge in [-0.1, -0.05) is 6.07 Å². The maximum atomic E-state index is 5.77. The van der Waals surface area contributed by atoms with Crippen LogP contribution in [0.3, 0.4) is 0 Å². The van der Waals surface area contributed by atoms with Gasteiger partial charge in [-0.25, -0.2) is 4.98 Å². The Labute approximate surface area is 132 Å². The van der Waals surface area contributed by atoms with Gasteiger partial charge in [0.1, 0.15) is 6.61 Å². The molecule has 0 saturated heterocycles. The summed E-state index contributed by atoms with van der Waals surface area (Å²) in [7, 11) is 0. The highest BCUT2D eigenvalue weighted by atomic mass is 79.9. The molecule has 1 aliphatic carbocycles. The van der Waals surface area contributed by atoms with Crippen LogP contribution in [0.2, 0.25) is 0 Å². The molecule has 4 nitrogen and oxygen atoms in total. The Kier molecular flexibility index (Phi) is 4.39. The predicted octanol–water partition coefficient (Wildman–Crippen LogP) is 4.09. The van der Waals surface area contributed by atoms with Gasteiger partial charge < -0.3 is 9.47 Å². The van der Waals surface area contributed by atoms with E-state index in [0.29, 0.717) is 30.8 Å². The highest BCUT2D eigenvalue weighted by Crippen LogP contribution is 2.38. The van der Waals surface area contributed by atoms with Crippen LogP contribution < -0.4 is 9.47 Å². The molecule has 3 rings (SSSR count). The van der Waals surface area contributed by atoms with Crippen LogP contribution in [-0.2, 0) is 6.61 Å². The van der Waals surface area contributed by atoms with Crippen LogP contribution in [-0.4, -0.2) is 16.6 Å².